The number of nitrogens with one attached hydrogen (secondary N) is 2. The summed E-state index contributed by atoms with van der Waals surface area (Å²) in [6.45, 7) is 2.83. The molecule has 1 saturated heterocycles. The number of ether oxygens (including phenoxy) is 1. The van der Waals surface area contributed by atoms with E-state index in [-0.39, 0.29) is 0 Å². The van der Waals surface area contributed by atoms with Gasteiger partial charge in [-0.05, 0) is 43.5 Å². The van der Waals surface area contributed by atoms with Crippen molar-refractivity contribution in [2.24, 2.45) is 0 Å². The van der Waals surface area contributed by atoms with Crippen molar-refractivity contribution >= 4 is 33.8 Å². The van der Waals surface area contributed by atoms with Gasteiger partial charge in [-0.1, -0.05) is 29.3 Å². The first-order valence-corrected chi connectivity index (χ1v) is 9.11. The Morgan fingerprint density at radius 3 is 2.64 bits per heavy atom. The van der Waals surface area contributed by atoms with Gasteiger partial charge in [-0.3, -0.25) is 25.3 Å². The first-order valence-electron chi connectivity index (χ1n) is 8.32. The Morgan fingerprint density at radius 1 is 1.24 bits per heavy atom. The van der Waals surface area contributed by atoms with Crippen LogP contribution < -0.4 is 10.9 Å². The molecule has 0 aliphatic carbocycles. The van der Waals surface area contributed by atoms with E-state index in [1.54, 1.807) is 24.3 Å². The summed E-state index contributed by atoms with van der Waals surface area (Å²) in [5.41, 5.74) is 5.19. The Kier molecular flexibility index (Phi) is 7.24. The van der Waals surface area contributed by atoms with Gasteiger partial charge >= 0.3 is 6.09 Å². The number of carbonyl (C=O) groups is 3. The van der Waals surface area contributed by atoms with Crippen LogP contribution in [-0.2, 0) is 9.53 Å². The Hall–Kier alpha value is -2.09. The Balaban J connectivity index is 1.85. The topological polar surface area (TPSA) is 87.7 Å². The van der Waals surface area contributed by atoms with Crippen LogP contribution in [0.4, 0.5) is 4.79 Å². The lowest BCUT2D eigenvalue weighted by Gasteiger charge is -2.23. The smallest absolute Gasteiger partial charge is 0.410 e. The number of unbranched alkanes of at least 4 members (excludes halogenated alkanes) is 1. The molecule has 1 heterocycles. The van der Waals surface area contributed by atoms with E-state index >= 15 is 0 Å². The van der Waals surface area contributed by atoms with Gasteiger partial charge in [0.1, 0.15) is 6.04 Å². The van der Waals surface area contributed by atoms with Crippen molar-refractivity contribution in [3.63, 3.8) is 0 Å². The minimum atomic E-state index is -0.626. The number of hydrazine groups is 1. The number of likely N-dealkylation sites (tertiary alicyclic amines) is 1. The molecule has 0 bridgehead atoms. The highest BCUT2D eigenvalue weighted by atomic mass is 79.9. The van der Waals surface area contributed by atoms with Crippen LogP contribution >= 0.6 is 15.9 Å². The SMILES string of the molecule is CCCCOC(=O)N1CCCC1C(=O)NNC(=O)c1ccc(Br)cc1. The van der Waals surface area contributed by atoms with E-state index in [1.807, 2.05) is 6.92 Å². The molecule has 0 spiro atoms. The number of nitrogens with zero attached hydrogens (tertiary/aromatic N) is 1. The van der Waals surface area contributed by atoms with Crippen LogP contribution in [-0.4, -0.2) is 42.0 Å². The molecule has 0 saturated carbocycles. The predicted molar refractivity (Wildman–Crippen MR) is 95.7 cm³/mol. The van der Waals surface area contributed by atoms with Crippen molar-refractivity contribution in [3.8, 4) is 0 Å². The van der Waals surface area contributed by atoms with E-state index in [0.717, 1.165) is 23.7 Å². The zero-order valence-corrected chi connectivity index (χ0v) is 15.7. The molecule has 2 N–H and O–H groups in total. The maximum Gasteiger partial charge on any atom is 0.410 e. The highest BCUT2D eigenvalue weighted by Crippen LogP contribution is 2.18. The van der Waals surface area contributed by atoms with Gasteiger partial charge in [-0.25, -0.2) is 4.79 Å². The van der Waals surface area contributed by atoms with Crippen molar-refractivity contribution in [1.29, 1.82) is 0 Å². The third-order valence-corrected chi connectivity index (χ3v) is 4.45. The van der Waals surface area contributed by atoms with E-state index in [2.05, 4.69) is 26.8 Å². The Labute approximate surface area is 155 Å². The maximum absolute atomic E-state index is 12.3. The largest absolute Gasteiger partial charge is 0.449 e. The summed E-state index contributed by atoms with van der Waals surface area (Å²) in [5.74, 6) is -0.841. The monoisotopic (exact) mass is 411 g/mol. The third kappa shape index (κ3) is 5.45. The van der Waals surface area contributed by atoms with Gasteiger partial charge in [-0.15, -0.1) is 0 Å². The summed E-state index contributed by atoms with van der Waals surface area (Å²) in [5, 5.41) is 0. The average molecular weight is 412 g/mol. The molecular formula is C17H22BrN3O4. The number of hydrogen-bond acceptors (Lipinski definition) is 4. The lowest BCUT2D eigenvalue weighted by molar-refractivity contribution is -0.125. The zero-order valence-electron chi connectivity index (χ0n) is 14.1. The molecule has 1 aliphatic rings. The van der Waals surface area contributed by atoms with Crippen LogP contribution in [0.1, 0.15) is 43.0 Å². The molecule has 1 unspecified atom stereocenters. The van der Waals surface area contributed by atoms with Gasteiger partial charge in [0.05, 0.1) is 6.61 Å². The van der Waals surface area contributed by atoms with Crippen LogP contribution in [0.15, 0.2) is 28.7 Å². The second-order valence-electron chi connectivity index (χ2n) is 5.77. The molecule has 8 heteroatoms. The van der Waals surface area contributed by atoms with Gasteiger partial charge < -0.3 is 4.74 Å². The van der Waals surface area contributed by atoms with Crippen LogP contribution in [0.3, 0.4) is 0 Å². The number of benzene rings is 1. The van der Waals surface area contributed by atoms with Crippen molar-refractivity contribution < 1.29 is 19.1 Å². The number of halogens is 1. The van der Waals surface area contributed by atoms with Crippen molar-refractivity contribution in [1.82, 2.24) is 15.8 Å². The average Bonchev–Trinajstić information content (AvgIpc) is 3.10. The molecule has 0 radical (unpaired) electrons. The van der Waals surface area contributed by atoms with E-state index in [0.29, 0.717) is 25.1 Å². The standard InChI is InChI=1S/C17H22BrN3O4/c1-2-3-11-25-17(24)21-10-4-5-14(21)16(23)20-19-15(22)12-6-8-13(18)9-7-12/h6-9,14H,2-5,10-11H2,1H3,(H,19,22)(H,20,23). The molecule has 25 heavy (non-hydrogen) atoms. The van der Waals surface area contributed by atoms with Gasteiger partial charge in [-0.2, -0.15) is 0 Å². The van der Waals surface area contributed by atoms with Crippen molar-refractivity contribution in [2.45, 2.75) is 38.6 Å². The normalized spacial score (nSPS) is 16.4. The summed E-state index contributed by atoms with van der Waals surface area (Å²) in [6, 6.07) is 6.12. The van der Waals surface area contributed by atoms with Crippen LogP contribution in [0.2, 0.25) is 0 Å². The second-order valence-corrected chi connectivity index (χ2v) is 6.69. The molecule has 1 aromatic rings. The summed E-state index contributed by atoms with van der Waals surface area (Å²) in [6.07, 6.45) is 2.51. The summed E-state index contributed by atoms with van der Waals surface area (Å²) >= 11 is 3.29. The van der Waals surface area contributed by atoms with E-state index in [9.17, 15) is 14.4 Å². The fraction of sp³-hybridized carbons (Fsp3) is 0.471. The highest BCUT2D eigenvalue weighted by Gasteiger charge is 2.35. The number of carbonyl (C=O) groups excluding carboxylic acids is 3. The molecule has 1 aliphatic heterocycles. The molecular weight excluding hydrogens is 390 g/mol. The fourth-order valence-corrected chi connectivity index (χ4v) is 2.78. The molecule has 7 nitrogen and oxygen atoms in total. The van der Waals surface area contributed by atoms with Crippen molar-refractivity contribution in [3.05, 3.63) is 34.3 Å². The number of hydrogen-bond donors (Lipinski definition) is 2. The van der Waals surface area contributed by atoms with E-state index in [4.69, 9.17) is 4.74 Å². The van der Waals surface area contributed by atoms with Crippen LogP contribution in [0.5, 0.6) is 0 Å². The van der Waals surface area contributed by atoms with Gasteiger partial charge in [0.25, 0.3) is 11.8 Å². The molecule has 1 aromatic carbocycles. The fourth-order valence-electron chi connectivity index (χ4n) is 2.52. The summed E-state index contributed by atoms with van der Waals surface area (Å²) in [7, 11) is 0. The minimum absolute atomic E-state index is 0.348. The Morgan fingerprint density at radius 2 is 1.96 bits per heavy atom. The quantitative estimate of drug-likeness (QED) is 0.575. The van der Waals surface area contributed by atoms with Crippen molar-refractivity contribution in [2.75, 3.05) is 13.2 Å². The van der Waals surface area contributed by atoms with Gasteiger partial charge in [0, 0.05) is 16.6 Å². The first kappa shape index (κ1) is 19.2. The first-order chi connectivity index (χ1) is 12.0. The lowest BCUT2D eigenvalue weighted by atomic mass is 10.2. The maximum atomic E-state index is 12.3. The highest BCUT2D eigenvalue weighted by molar-refractivity contribution is 9.10. The molecule has 0 aromatic heterocycles. The lowest BCUT2D eigenvalue weighted by Crippen LogP contribution is -2.51. The van der Waals surface area contributed by atoms with Gasteiger partial charge in [0.2, 0.25) is 0 Å². The molecule has 1 fully saturated rings. The number of rotatable bonds is 5. The molecule has 3 amide bonds. The van der Waals surface area contributed by atoms with Crippen LogP contribution in [0, 0.1) is 0 Å². The summed E-state index contributed by atoms with van der Waals surface area (Å²) < 4.78 is 6.03. The third-order valence-electron chi connectivity index (χ3n) is 3.92. The zero-order chi connectivity index (χ0) is 18.2. The molecule has 1 atom stereocenters. The molecule has 2 rings (SSSR count). The second kappa shape index (κ2) is 9.41. The molecule has 136 valence electrons. The van der Waals surface area contributed by atoms with E-state index < -0.39 is 23.9 Å². The van der Waals surface area contributed by atoms with E-state index in [1.165, 1.54) is 4.90 Å². The predicted octanol–water partition coefficient (Wildman–Crippen LogP) is 2.61. The minimum Gasteiger partial charge on any atom is -0.449 e. The number of amides is 3. The summed E-state index contributed by atoms with van der Waals surface area (Å²) in [4.78, 5) is 37.8. The van der Waals surface area contributed by atoms with Crippen LogP contribution in [0.25, 0.3) is 0 Å². The van der Waals surface area contributed by atoms with Gasteiger partial charge in [0.15, 0.2) is 0 Å². The Bertz CT molecular complexity index is 621.